The molecule has 0 spiro atoms. The molecule has 0 atom stereocenters. The average molecular weight is 263 g/mol. The van der Waals surface area contributed by atoms with E-state index in [0.717, 1.165) is 5.56 Å². The molecule has 0 aliphatic carbocycles. The molecule has 2 N–H and O–H groups in total. The largest absolute Gasteiger partial charge is 0.396 e. The van der Waals surface area contributed by atoms with Gasteiger partial charge in [0.25, 0.3) is 0 Å². The maximum absolute atomic E-state index is 13.2. The Balaban J connectivity index is 2.19. The standard InChI is InChI=1S/C12H8ClFN4/c13-8-3-1-7(2-4-8)11-16-12-10(15)5-9(14)6-18(12)17-11/h1-6H,15H2. The highest BCUT2D eigenvalue weighted by molar-refractivity contribution is 6.30. The summed E-state index contributed by atoms with van der Waals surface area (Å²) in [7, 11) is 0. The van der Waals surface area contributed by atoms with E-state index in [-0.39, 0.29) is 5.69 Å². The number of fused-ring (bicyclic) bond motifs is 1. The lowest BCUT2D eigenvalue weighted by Crippen LogP contribution is -1.95. The number of hydrogen-bond acceptors (Lipinski definition) is 3. The predicted molar refractivity (Wildman–Crippen MR) is 67.8 cm³/mol. The average Bonchev–Trinajstić information content (AvgIpc) is 2.74. The predicted octanol–water partition coefficient (Wildman–Crippen LogP) is 2.77. The van der Waals surface area contributed by atoms with Gasteiger partial charge in [0.15, 0.2) is 11.5 Å². The number of benzene rings is 1. The molecular weight excluding hydrogens is 255 g/mol. The van der Waals surface area contributed by atoms with E-state index in [9.17, 15) is 4.39 Å². The number of rotatable bonds is 1. The first-order chi connectivity index (χ1) is 8.63. The molecule has 0 unspecified atom stereocenters. The third-order valence-electron chi connectivity index (χ3n) is 2.53. The number of aromatic nitrogens is 3. The molecule has 2 heterocycles. The van der Waals surface area contributed by atoms with Crippen LogP contribution in [0, 0.1) is 5.82 Å². The number of anilines is 1. The normalized spacial score (nSPS) is 11.0. The van der Waals surface area contributed by atoms with E-state index in [4.69, 9.17) is 17.3 Å². The Bertz CT molecular complexity index is 721. The van der Waals surface area contributed by atoms with Crippen molar-refractivity contribution in [1.29, 1.82) is 0 Å². The first-order valence-electron chi connectivity index (χ1n) is 5.21. The molecule has 0 amide bonds. The Labute approximate surface area is 107 Å². The van der Waals surface area contributed by atoms with Gasteiger partial charge >= 0.3 is 0 Å². The van der Waals surface area contributed by atoms with E-state index < -0.39 is 5.82 Å². The van der Waals surface area contributed by atoms with Crippen molar-refractivity contribution in [2.24, 2.45) is 0 Å². The van der Waals surface area contributed by atoms with Crippen LogP contribution < -0.4 is 5.73 Å². The van der Waals surface area contributed by atoms with E-state index in [1.807, 2.05) is 0 Å². The van der Waals surface area contributed by atoms with Gasteiger partial charge < -0.3 is 5.73 Å². The van der Waals surface area contributed by atoms with E-state index in [0.29, 0.717) is 16.5 Å². The summed E-state index contributed by atoms with van der Waals surface area (Å²) in [6, 6.07) is 8.29. The van der Waals surface area contributed by atoms with Crippen molar-refractivity contribution in [2.45, 2.75) is 0 Å². The van der Waals surface area contributed by atoms with Crippen LogP contribution >= 0.6 is 11.6 Å². The highest BCUT2D eigenvalue weighted by Crippen LogP contribution is 2.21. The molecule has 0 bridgehead atoms. The molecule has 6 heteroatoms. The number of nitrogens with zero attached hydrogens (tertiary/aromatic N) is 3. The summed E-state index contributed by atoms with van der Waals surface area (Å²) in [4.78, 5) is 4.27. The van der Waals surface area contributed by atoms with E-state index in [2.05, 4.69) is 10.1 Å². The SMILES string of the molecule is Nc1cc(F)cn2nc(-c3ccc(Cl)cc3)nc12. The lowest BCUT2D eigenvalue weighted by Gasteiger charge is -1.95. The van der Waals surface area contributed by atoms with Crippen molar-refractivity contribution in [3.63, 3.8) is 0 Å². The second-order valence-corrected chi connectivity index (χ2v) is 4.26. The van der Waals surface area contributed by atoms with Crippen LogP contribution in [0.2, 0.25) is 5.02 Å². The third-order valence-corrected chi connectivity index (χ3v) is 2.78. The fourth-order valence-electron chi connectivity index (χ4n) is 1.70. The van der Waals surface area contributed by atoms with Crippen molar-refractivity contribution in [2.75, 3.05) is 5.73 Å². The van der Waals surface area contributed by atoms with Crippen molar-refractivity contribution in [3.8, 4) is 11.4 Å². The van der Waals surface area contributed by atoms with E-state index >= 15 is 0 Å². The summed E-state index contributed by atoms with van der Waals surface area (Å²) in [6.45, 7) is 0. The summed E-state index contributed by atoms with van der Waals surface area (Å²) < 4.78 is 14.5. The molecule has 0 radical (unpaired) electrons. The quantitative estimate of drug-likeness (QED) is 0.734. The lowest BCUT2D eigenvalue weighted by molar-refractivity contribution is 0.615. The molecule has 3 rings (SSSR count). The van der Waals surface area contributed by atoms with Crippen LogP contribution in [-0.4, -0.2) is 14.6 Å². The van der Waals surface area contributed by atoms with E-state index in [1.165, 1.54) is 16.8 Å². The smallest absolute Gasteiger partial charge is 0.182 e. The van der Waals surface area contributed by atoms with Gasteiger partial charge in [0.2, 0.25) is 0 Å². The molecule has 0 aliphatic rings. The van der Waals surface area contributed by atoms with Gasteiger partial charge in [-0.15, -0.1) is 5.10 Å². The van der Waals surface area contributed by atoms with E-state index in [1.54, 1.807) is 24.3 Å². The van der Waals surface area contributed by atoms with Crippen LogP contribution in [0.3, 0.4) is 0 Å². The highest BCUT2D eigenvalue weighted by Gasteiger charge is 2.09. The second-order valence-electron chi connectivity index (χ2n) is 3.82. The Morgan fingerprint density at radius 2 is 1.94 bits per heavy atom. The Kier molecular flexibility index (Phi) is 2.41. The molecule has 0 saturated heterocycles. The Hall–Kier alpha value is -2.14. The van der Waals surface area contributed by atoms with Crippen LogP contribution in [0.5, 0.6) is 0 Å². The molecule has 90 valence electrons. The molecule has 0 aliphatic heterocycles. The second kappa shape index (κ2) is 3.96. The zero-order chi connectivity index (χ0) is 12.7. The summed E-state index contributed by atoms with van der Waals surface area (Å²) in [5.74, 6) is 0.0246. The third kappa shape index (κ3) is 1.78. The van der Waals surface area contributed by atoms with Crippen LogP contribution in [0.15, 0.2) is 36.5 Å². The number of halogens is 2. The van der Waals surface area contributed by atoms with Gasteiger partial charge in [0, 0.05) is 16.7 Å². The zero-order valence-electron chi connectivity index (χ0n) is 9.14. The van der Waals surface area contributed by atoms with Crippen LogP contribution in [0.25, 0.3) is 17.0 Å². The maximum atomic E-state index is 13.2. The number of nitrogens with two attached hydrogens (primary N) is 1. The summed E-state index contributed by atoms with van der Waals surface area (Å²) in [6.07, 6.45) is 1.23. The van der Waals surface area contributed by atoms with Crippen molar-refractivity contribution >= 4 is 22.9 Å². The molecule has 1 aromatic carbocycles. The van der Waals surface area contributed by atoms with Crippen molar-refractivity contribution in [1.82, 2.24) is 14.6 Å². The van der Waals surface area contributed by atoms with Gasteiger partial charge in [0.1, 0.15) is 5.82 Å². The van der Waals surface area contributed by atoms with Gasteiger partial charge in [-0.05, 0) is 24.3 Å². The van der Waals surface area contributed by atoms with Gasteiger partial charge in [-0.2, -0.15) is 0 Å². The maximum Gasteiger partial charge on any atom is 0.182 e. The van der Waals surface area contributed by atoms with Gasteiger partial charge in [-0.1, -0.05) is 11.6 Å². The fraction of sp³-hybridized carbons (Fsp3) is 0. The Morgan fingerprint density at radius 1 is 1.22 bits per heavy atom. The van der Waals surface area contributed by atoms with Crippen LogP contribution in [-0.2, 0) is 0 Å². The van der Waals surface area contributed by atoms with Gasteiger partial charge in [-0.25, -0.2) is 13.9 Å². The number of pyridine rings is 1. The van der Waals surface area contributed by atoms with Crippen LogP contribution in [0.4, 0.5) is 10.1 Å². The summed E-state index contributed by atoms with van der Waals surface area (Å²) in [5, 5.41) is 4.81. The zero-order valence-corrected chi connectivity index (χ0v) is 9.89. The van der Waals surface area contributed by atoms with Crippen molar-refractivity contribution in [3.05, 3.63) is 47.4 Å². The minimum atomic E-state index is -0.451. The Morgan fingerprint density at radius 3 is 2.67 bits per heavy atom. The number of nitrogen functional groups attached to an aromatic ring is 1. The van der Waals surface area contributed by atoms with Gasteiger partial charge in [-0.3, -0.25) is 0 Å². The highest BCUT2D eigenvalue weighted by atomic mass is 35.5. The minimum absolute atomic E-state index is 0.253. The molecule has 3 aromatic rings. The molecule has 0 fully saturated rings. The van der Waals surface area contributed by atoms with Gasteiger partial charge in [0.05, 0.1) is 11.9 Å². The molecule has 18 heavy (non-hydrogen) atoms. The summed E-state index contributed by atoms with van der Waals surface area (Å²) in [5.41, 5.74) is 7.17. The molecular formula is C12H8ClFN4. The molecule has 0 saturated carbocycles. The first-order valence-corrected chi connectivity index (χ1v) is 5.58. The fourth-order valence-corrected chi connectivity index (χ4v) is 1.82. The lowest BCUT2D eigenvalue weighted by atomic mass is 10.2. The topological polar surface area (TPSA) is 56.2 Å². The first kappa shape index (κ1) is 11.0. The van der Waals surface area contributed by atoms with Crippen molar-refractivity contribution < 1.29 is 4.39 Å². The molecule has 4 nitrogen and oxygen atoms in total. The van der Waals surface area contributed by atoms with Crippen LogP contribution in [0.1, 0.15) is 0 Å². The molecule has 2 aromatic heterocycles. The monoisotopic (exact) mass is 262 g/mol. The number of hydrogen-bond donors (Lipinski definition) is 1. The minimum Gasteiger partial charge on any atom is -0.396 e. The summed E-state index contributed by atoms with van der Waals surface area (Å²) >= 11 is 5.81.